The van der Waals surface area contributed by atoms with E-state index in [1.165, 1.54) is 5.69 Å². The lowest BCUT2D eigenvalue weighted by atomic mass is 9.70. The smallest absolute Gasteiger partial charge is 0.176 e. The monoisotopic (exact) mass is 282 g/mol. The van der Waals surface area contributed by atoms with Crippen LogP contribution < -0.4 is 0 Å². The van der Waals surface area contributed by atoms with Crippen molar-refractivity contribution < 1.29 is 4.79 Å². The van der Waals surface area contributed by atoms with Crippen molar-refractivity contribution in [3.8, 4) is 0 Å². The Morgan fingerprint density at radius 1 is 1.33 bits per heavy atom. The van der Waals surface area contributed by atoms with Crippen molar-refractivity contribution in [1.82, 2.24) is 9.97 Å². The molecule has 0 spiro atoms. The molecule has 3 nitrogen and oxygen atoms in total. The number of pyridine rings is 1. The highest BCUT2D eigenvalue weighted by atomic mass is 16.1. The van der Waals surface area contributed by atoms with E-state index in [0.717, 1.165) is 47.5 Å². The Balaban J connectivity index is 2.09. The predicted molar refractivity (Wildman–Crippen MR) is 83.9 cm³/mol. The van der Waals surface area contributed by atoms with Crippen LogP contribution in [0.5, 0.6) is 0 Å². The first-order chi connectivity index (χ1) is 9.95. The number of hydrogen-bond acceptors (Lipinski definition) is 2. The second kappa shape index (κ2) is 4.83. The summed E-state index contributed by atoms with van der Waals surface area (Å²) in [5, 5.41) is 0. The van der Waals surface area contributed by atoms with Crippen molar-refractivity contribution >= 4 is 5.78 Å². The van der Waals surface area contributed by atoms with Crippen molar-refractivity contribution in [2.24, 2.45) is 0 Å². The Bertz CT molecular complexity index is 714. The van der Waals surface area contributed by atoms with Gasteiger partial charge in [0.2, 0.25) is 0 Å². The van der Waals surface area contributed by atoms with Crippen LogP contribution in [0.3, 0.4) is 0 Å². The lowest BCUT2D eigenvalue weighted by Gasteiger charge is -2.33. The largest absolute Gasteiger partial charge is 0.361 e. The fourth-order valence-corrected chi connectivity index (χ4v) is 3.39. The Kier molecular flexibility index (Phi) is 3.23. The lowest BCUT2D eigenvalue weighted by Crippen LogP contribution is -2.38. The van der Waals surface area contributed by atoms with Crippen LogP contribution >= 0.6 is 0 Å². The molecule has 0 aliphatic heterocycles. The normalized spacial score (nSPS) is 21.4. The number of H-pyrrole nitrogens is 1. The molecule has 1 unspecified atom stereocenters. The van der Waals surface area contributed by atoms with Gasteiger partial charge in [-0.1, -0.05) is 6.92 Å². The van der Waals surface area contributed by atoms with Gasteiger partial charge in [-0.2, -0.15) is 0 Å². The average molecular weight is 282 g/mol. The summed E-state index contributed by atoms with van der Waals surface area (Å²) in [5.41, 5.74) is 5.62. The Morgan fingerprint density at radius 3 is 2.76 bits per heavy atom. The second-order valence-corrected chi connectivity index (χ2v) is 6.31. The summed E-state index contributed by atoms with van der Waals surface area (Å²) in [4.78, 5) is 21.1. The molecule has 1 N–H and O–H groups in total. The average Bonchev–Trinajstić information content (AvgIpc) is 2.92. The Hall–Kier alpha value is -1.90. The van der Waals surface area contributed by atoms with Crippen molar-refractivity contribution in [3.63, 3.8) is 0 Å². The molecule has 1 aliphatic rings. The number of aromatic nitrogens is 2. The van der Waals surface area contributed by atoms with Crippen LogP contribution in [-0.4, -0.2) is 15.8 Å². The van der Waals surface area contributed by atoms with Crippen LogP contribution in [0.2, 0.25) is 0 Å². The number of hydrogen-bond donors (Lipinski definition) is 1. The van der Waals surface area contributed by atoms with E-state index in [-0.39, 0.29) is 5.78 Å². The quantitative estimate of drug-likeness (QED) is 0.913. The number of rotatable bonds is 2. The number of nitrogens with one attached hydrogen (secondary N) is 1. The molecule has 3 heteroatoms. The third-order valence-electron chi connectivity index (χ3n) is 4.73. The first-order valence-corrected chi connectivity index (χ1v) is 7.66. The molecule has 0 bridgehead atoms. The summed E-state index contributed by atoms with van der Waals surface area (Å²) >= 11 is 0. The summed E-state index contributed by atoms with van der Waals surface area (Å²) in [5.74, 6) is 0.207. The minimum atomic E-state index is -0.456. The zero-order valence-electron chi connectivity index (χ0n) is 13.2. The third-order valence-corrected chi connectivity index (χ3v) is 4.73. The zero-order valence-corrected chi connectivity index (χ0v) is 13.2. The van der Waals surface area contributed by atoms with E-state index in [4.69, 9.17) is 0 Å². The highest BCUT2D eigenvalue weighted by Crippen LogP contribution is 2.38. The molecular formula is C18H22N2O. The van der Waals surface area contributed by atoms with Gasteiger partial charge in [0, 0.05) is 22.6 Å². The molecule has 2 aromatic rings. The van der Waals surface area contributed by atoms with E-state index >= 15 is 0 Å². The van der Waals surface area contributed by atoms with Gasteiger partial charge in [0.15, 0.2) is 5.78 Å². The van der Waals surface area contributed by atoms with E-state index in [9.17, 15) is 4.79 Å². The maximum atomic E-state index is 13.1. The van der Waals surface area contributed by atoms with E-state index in [2.05, 4.69) is 35.9 Å². The van der Waals surface area contributed by atoms with Gasteiger partial charge in [0.1, 0.15) is 0 Å². The molecule has 21 heavy (non-hydrogen) atoms. The maximum Gasteiger partial charge on any atom is 0.176 e. The van der Waals surface area contributed by atoms with Crippen LogP contribution in [0, 0.1) is 13.8 Å². The molecule has 2 aromatic heterocycles. The zero-order chi connectivity index (χ0) is 15.2. The first kappa shape index (κ1) is 14.1. The van der Waals surface area contributed by atoms with E-state index in [1.807, 2.05) is 19.9 Å². The minimum absolute atomic E-state index is 0.207. The maximum absolute atomic E-state index is 13.1. The van der Waals surface area contributed by atoms with E-state index in [0.29, 0.717) is 0 Å². The predicted octanol–water partition coefficient (Wildman–Crippen LogP) is 3.68. The molecule has 2 heterocycles. The first-order valence-electron chi connectivity index (χ1n) is 7.66. The van der Waals surface area contributed by atoms with Crippen molar-refractivity contribution in [1.29, 1.82) is 0 Å². The molecule has 110 valence electrons. The molecule has 0 aromatic carbocycles. The Labute approximate surface area is 125 Å². The highest BCUT2D eigenvalue weighted by Gasteiger charge is 2.42. The number of carbonyl (C=O) groups excluding carboxylic acids is 1. The van der Waals surface area contributed by atoms with E-state index < -0.39 is 5.41 Å². The van der Waals surface area contributed by atoms with Crippen LogP contribution in [0.1, 0.15) is 59.0 Å². The number of fused-ring (bicyclic) bond motifs is 1. The number of aryl methyl sites for hydroxylation is 4. The molecule has 0 radical (unpaired) electrons. The van der Waals surface area contributed by atoms with Gasteiger partial charge in [-0.15, -0.1) is 0 Å². The summed E-state index contributed by atoms with van der Waals surface area (Å²) < 4.78 is 0. The van der Waals surface area contributed by atoms with Gasteiger partial charge >= 0.3 is 0 Å². The van der Waals surface area contributed by atoms with Crippen molar-refractivity contribution in [2.75, 3.05) is 0 Å². The Morgan fingerprint density at radius 2 is 2.10 bits per heavy atom. The summed E-state index contributed by atoms with van der Waals surface area (Å²) in [7, 11) is 0. The molecule has 0 saturated heterocycles. The standard InChI is InChI=1S/C18H22N2O/c1-5-13-6-7-15(20-13)18(4)9-8-14-16(17(18)21)11(2)10-12(3)19-14/h6-7,10,20H,5,8-9H2,1-4H3. The number of ketones is 1. The molecule has 0 saturated carbocycles. The molecule has 1 aliphatic carbocycles. The summed E-state index contributed by atoms with van der Waals surface area (Å²) in [6.45, 7) is 8.18. The number of nitrogens with zero attached hydrogens (tertiary/aromatic N) is 1. The molecule has 0 amide bonds. The van der Waals surface area contributed by atoms with Gasteiger partial charge < -0.3 is 4.98 Å². The van der Waals surface area contributed by atoms with Gasteiger partial charge in [-0.05, 0) is 63.8 Å². The fourth-order valence-electron chi connectivity index (χ4n) is 3.39. The third kappa shape index (κ3) is 2.11. The highest BCUT2D eigenvalue weighted by molar-refractivity contribution is 6.06. The van der Waals surface area contributed by atoms with Crippen molar-refractivity contribution in [2.45, 2.75) is 52.4 Å². The number of aromatic amines is 1. The molecule has 3 rings (SSSR count). The molecule has 1 atom stereocenters. The SMILES string of the molecule is CCc1ccc(C2(C)CCc3nc(C)cc(C)c3C2=O)[nH]1. The topological polar surface area (TPSA) is 45.8 Å². The number of Topliss-reactive ketones (excluding diaryl/α,β-unsaturated/α-hetero) is 1. The lowest BCUT2D eigenvalue weighted by molar-refractivity contribution is 0.0870. The van der Waals surface area contributed by atoms with Crippen LogP contribution in [0.15, 0.2) is 18.2 Å². The molecule has 0 fully saturated rings. The fraction of sp³-hybridized carbons (Fsp3) is 0.444. The molecular weight excluding hydrogens is 260 g/mol. The summed E-state index contributed by atoms with van der Waals surface area (Å²) in [6.07, 6.45) is 2.64. The van der Waals surface area contributed by atoms with Gasteiger partial charge in [0.05, 0.1) is 11.1 Å². The summed E-state index contributed by atoms with van der Waals surface area (Å²) in [6, 6.07) is 6.16. The van der Waals surface area contributed by atoms with Gasteiger partial charge in [-0.3, -0.25) is 9.78 Å². The van der Waals surface area contributed by atoms with Crippen molar-refractivity contribution in [3.05, 3.63) is 52.1 Å². The van der Waals surface area contributed by atoms with Gasteiger partial charge in [-0.25, -0.2) is 0 Å². The van der Waals surface area contributed by atoms with Crippen LogP contribution in [-0.2, 0) is 18.3 Å². The second-order valence-electron chi connectivity index (χ2n) is 6.31. The minimum Gasteiger partial charge on any atom is -0.361 e. The van der Waals surface area contributed by atoms with Crippen LogP contribution in [0.25, 0.3) is 0 Å². The van der Waals surface area contributed by atoms with Crippen LogP contribution in [0.4, 0.5) is 0 Å². The van der Waals surface area contributed by atoms with E-state index in [1.54, 1.807) is 0 Å². The van der Waals surface area contributed by atoms with Gasteiger partial charge in [0.25, 0.3) is 0 Å². The number of carbonyl (C=O) groups is 1.